The van der Waals surface area contributed by atoms with Gasteiger partial charge in [0.1, 0.15) is 0 Å². The molecule has 0 bridgehead atoms. The molecule has 1 heterocycles. The van der Waals surface area contributed by atoms with Crippen LogP contribution in [0.15, 0.2) is 78.9 Å². The number of likely N-dealkylation sites (tertiary alicyclic amines) is 1. The zero-order valence-corrected chi connectivity index (χ0v) is 21.5. The third-order valence-electron chi connectivity index (χ3n) is 7.07. The minimum atomic E-state index is -0.584. The van der Waals surface area contributed by atoms with Crippen LogP contribution in [0.2, 0.25) is 0 Å². The van der Waals surface area contributed by atoms with Gasteiger partial charge in [0, 0.05) is 18.8 Å². The van der Waals surface area contributed by atoms with Crippen LogP contribution in [0.25, 0.3) is 0 Å². The van der Waals surface area contributed by atoms with Gasteiger partial charge in [-0.05, 0) is 67.6 Å². The molecule has 3 aromatic carbocycles. The third kappa shape index (κ3) is 6.49. The van der Waals surface area contributed by atoms with Crippen molar-refractivity contribution in [2.45, 2.75) is 32.2 Å². The number of anilines is 2. The first-order chi connectivity index (χ1) is 18.0. The molecule has 1 aliphatic rings. The number of nitrogens with zero attached hydrogens (tertiary/aromatic N) is 2. The van der Waals surface area contributed by atoms with Crippen molar-refractivity contribution in [1.82, 2.24) is 10.2 Å². The Kier molecular flexibility index (Phi) is 8.80. The average molecular weight is 500 g/mol. The highest BCUT2D eigenvalue weighted by Gasteiger charge is 2.28. The Morgan fingerprint density at radius 1 is 0.973 bits per heavy atom. The summed E-state index contributed by atoms with van der Waals surface area (Å²) in [6, 6.07) is 25.9. The molecule has 0 radical (unpaired) electrons. The maximum atomic E-state index is 13.2. The summed E-state index contributed by atoms with van der Waals surface area (Å²) in [4.78, 5) is 29.2. The molecule has 3 aromatic rings. The van der Waals surface area contributed by atoms with Crippen molar-refractivity contribution in [3.8, 4) is 0 Å². The highest BCUT2D eigenvalue weighted by atomic mass is 16.2. The van der Waals surface area contributed by atoms with Crippen molar-refractivity contribution < 1.29 is 9.59 Å². The van der Waals surface area contributed by atoms with Gasteiger partial charge in [-0.2, -0.15) is 0 Å². The fourth-order valence-corrected chi connectivity index (χ4v) is 5.18. The highest BCUT2D eigenvalue weighted by Crippen LogP contribution is 2.32. The molecule has 0 aliphatic carbocycles. The second kappa shape index (κ2) is 12.4. The van der Waals surface area contributed by atoms with E-state index in [9.17, 15) is 9.59 Å². The monoisotopic (exact) mass is 499 g/mol. The summed E-state index contributed by atoms with van der Waals surface area (Å²) in [5.41, 5.74) is 15.5. The van der Waals surface area contributed by atoms with Crippen LogP contribution in [0.4, 0.5) is 16.2 Å². The number of nitrogen functional groups attached to an aromatic ring is 1. The second-order valence-electron chi connectivity index (χ2n) is 9.68. The van der Waals surface area contributed by atoms with Gasteiger partial charge < -0.3 is 16.8 Å². The van der Waals surface area contributed by atoms with Gasteiger partial charge in [0.15, 0.2) is 0 Å². The van der Waals surface area contributed by atoms with Crippen molar-refractivity contribution in [1.29, 1.82) is 0 Å². The minimum Gasteiger partial charge on any atom is -0.399 e. The largest absolute Gasteiger partial charge is 0.399 e. The Morgan fingerprint density at radius 3 is 2.11 bits per heavy atom. The van der Waals surface area contributed by atoms with E-state index >= 15 is 0 Å². The number of rotatable bonds is 9. The summed E-state index contributed by atoms with van der Waals surface area (Å²) in [6.45, 7) is 4.86. The molecule has 7 nitrogen and oxygen atoms in total. The maximum Gasteiger partial charge on any atom is 0.319 e. The van der Waals surface area contributed by atoms with Crippen molar-refractivity contribution in [2.75, 3.05) is 36.8 Å². The zero-order valence-electron chi connectivity index (χ0n) is 21.5. The van der Waals surface area contributed by atoms with Crippen molar-refractivity contribution >= 4 is 23.3 Å². The van der Waals surface area contributed by atoms with Crippen LogP contribution in [0.1, 0.15) is 53.7 Å². The molecule has 5 N–H and O–H groups in total. The van der Waals surface area contributed by atoms with E-state index in [-0.39, 0.29) is 11.9 Å². The van der Waals surface area contributed by atoms with Gasteiger partial charge in [-0.3, -0.25) is 14.6 Å². The topological polar surface area (TPSA) is 105 Å². The summed E-state index contributed by atoms with van der Waals surface area (Å²) in [5, 5.41) is 3.09. The number of primary amides is 1. The second-order valence-corrected chi connectivity index (χ2v) is 9.68. The number of urea groups is 1. The molecule has 0 spiro atoms. The van der Waals surface area contributed by atoms with Crippen molar-refractivity contribution in [3.63, 3.8) is 0 Å². The van der Waals surface area contributed by atoms with E-state index in [1.807, 2.05) is 6.92 Å². The maximum absolute atomic E-state index is 13.2. The molecule has 3 amide bonds. The minimum absolute atomic E-state index is 0.214. The van der Waals surface area contributed by atoms with Crippen molar-refractivity contribution in [2.24, 2.45) is 11.7 Å². The molecule has 37 heavy (non-hydrogen) atoms. The van der Waals surface area contributed by atoms with Crippen LogP contribution < -0.4 is 21.7 Å². The molecule has 194 valence electrons. The number of hydrogen-bond acceptors (Lipinski definition) is 4. The summed E-state index contributed by atoms with van der Waals surface area (Å²) in [6.07, 6.45) is 2.70. The normalized spacial score (nSPS) is 14.4. The lowest BCUT2D eigenvalue weighted by Crippen LogP contribution is -2.41. The molecule has 4 rings (SSSR count). The number of nitrogens with one attached hydrogen (secondary N) is 1. The molecule has 1 aliphatic heterocycles. The lowest BCUT2D eigenvalue weighted by molar-refractivity contribution is 0.0931. The first-order valence-corrected chi connectivity index (χ1v) is 13.1. The van der Waals surface area contributed by atoms with Crippen LogP contribution in [-0.4, -0.2) is 43.0 Å². The van der Waals surface area contributed by atoms with Gasteiger partial charge in [-0.1, -0.05) is 67.6 Å². The fraction of sp³-hybridized carbons (Fsp3) is 0.333. The Bertz CT molecular complexity index is 1140. The Balaban J connectivity index is 1.41. The van der Waals surface area contributed by atoms with E-state index in [0.717, 1.165) is 32.4 Å². The van der Waals surface area contributed by atoms with Gasteiger partial charge in [0.25, 0.3) is 5.91 Å². The molecule has 0 aromatic heterocycles. The number of nitrogens with two attached hydrogens (primary N) is 2. The molecule has 1 saturated heterocycles. The number of piperidine rings is 1. The van der Waals surface area contributed by atoms with E-state index in [0.29, 0.717) is 35.9 Å². The van der Waals surface area contributed by atoms with E-state index in [1.54, 1.807) is 18.2 Å². The summed E-state index contributed by atoms with van der Waals surface area (Å²) in [7, 11) is 0. The first-order valence-electron chi connectivity index (χ1n) is 13.1. The van der Waals surface area contributed by atoms with E-state index in [2.05, 4.69) is 70.9 Å². The standard InChI is InChI=1S/C30H37N5O2/c1-2-17-35(30(32)37)27-14-13-25(31)20-26(27)29(36)33-21-22-15-18-34(19-16-22)28(23-9-5-3-6-10-23)24-11-7-4-8-12-24/h3-14,20,22,28H,2,15-19,21,31H2,1H3,(H2,32,37)(H,33,36). The predicted molar refractivity (Wildman–Crippen MR) is 149 cm³/mol. The molecule has 0 atom stereocenters. The summed E-state index contributed by atoms with van der Waals surface area (Å²) < 4.78 is 0. The Hall–Kier alpha value is -3.84. The predicted octanol–water partition coefficient (Wildman–Crippen LogP) is 4.80. The van der Waals surface area contributed by atoms with Gasteiger partial charge >= 0.3 is 6.03 Å². The number of carbonyl (C=O) groups is 2. The van der Waals surface area contributed by atoms with Gasteiger partial charge in [0.05, 0.1) is 17.3 Å². The molecular weight excluding hydrogens is 462 g/mol. The number of hydrogen-bond donors (Lipinski definition) is 3. The average Bonchev–Trinajstić information content (AvgIpc) is 2.92. The van der Waals surface area contributed by atoms with Gasteiger partial charge in [-0.25, -0.2) is 4.79 Å². The van der Waals surface area contributed by atoms with Crippen LogP contribution in [-0.2, 0) is 0 Å². The quantitative estimate of drug-likeness (QED) is 0.368. The zero-order chi connectivity index (χ0) is 26.2. The van der Waals surface area contributed by atoms with Crippen molar-refractivity contribution in [3.05, 3.63) is 95.6 Å². The molecule has 1 fully saturated rings. The number of benzene rings is 3. The van der Waals surface area contributed by atoms with Gasteiger partial charge in [-0.15, -0.1) is 0 Å². The molecular formula is C30H37N5O2. The van der Waals surface area contributed by atoms with Crippen LogP contribution in [0.3, 0.4) is 0 Å². The highest BCUT2D eigenvalue weighted by molar-refractivity contribution is 6.04. The molecule has 0 saturated carbocycles. The summed E-state index contributed by atoms with van der Waals surface area (Å²) in [5.74, 6) is 0.137. The molecule has 7 heteroatoms. The van der Waals surface area contributed by atoms with E-state index < -0.39 is 6.03 Å². The fourth-order valence-electron chi connectivity index (χ4n) is 5.18. The summed E-state index contributed by atoms with van der Waals surface area (Å²) >= 11 is 0. The van der Waals surface area contributed by atoms with E-state index in [4.69, 9.17) is 11.5 Å². The number of amides is 3. The lowest BCUT2D eigenvalue weighted by Gasteiger charge is -2.38. The first kappa shape index (κ1) is 26.2. The lowest BCUT2D eigenvalue weighted by atomic mass is 9.91. The van der Waals surface area contributed by atoms with E-state index in [1.165, 1.54) is 16.0 Å². The third-order valence-corrected chi connectivity index (χ3v) is 7.07. The Morgan fingerprint density at radius 2 is 1.57 bits per heavy atom. The molecule has 0 unspecified atom stereocenters. The van der Waals surface area contributed by atoms with Crippen LogP contribution >= 0.6 is 0 Å². The van der Waals surface area contributed by atoms with Crippen LogP contribution in [0, 0.1) is 5.92 Å². The SMILES string of the molecule is CCCN(C(N)=O)c1ccc(N)cc1C(=O)NCC1CCN(C(c2ccccc2)c2ccccc2)CC1. The smallest absolute Gasteiger partial charge is 0.319 e. The van der Waals surface area contributed by atoms with Crippen LogP contribution in [0.5, 0.6) is 0 Å². The van der Waals surface area contributed by atoms with Gasteiger partial charge in [0.2, 0.25) is 0 Å². The Labute approximate surface area is 219 Å². The number of carbonyl (C=O) groups excluding carboxylic acids is 2.